The van der Waals surface area contributed by atoms with Crippen LogP contribution in [0, 0.1) is 0 Å². The Hall–Kier alpha value is -3.34. The summed E-state index contributed by atoms with van der Waals surface area (Å²) in [5, 5.41) is 9.01. The lowest BCUT2D eigenvalue weighted by Gasteiger charge is -2.35. The zero-order valence-electron chi connectivity index (χ0n) is 27.3. The van der Waals surface area contributed by atoms with Gasteiger partial charge in [-0.3, -0.25) is 9.80 Å². The monoisotopic (exact) mass is 620 g/mol. The fourth-order valence-electron chi connectivity index (χ4n) is 4.78. The summed E-state index contributed by atoms with van der Waals surface area (Å²) in [6.07, 6.45) is 6.17. The number of piperidine rings is 2. The van der Waals surface area contributed by atoms with Crippen LogP contribution in [-0.2, 0) is 35.1 Å². The highest BCUT2D eigenvalue weighted by molar-refractivity contribution is 5.82. The molecule has 0 bridgehead atoms. The number of carboxylic acids is 1. The molecule has 1 aromatic carbocycles. The number of rotatable bonds is 4. The van der Waals surface area contributed by atoms with Crippen LogP contribution in [0.3, 0.4) is 0 Å². The van der Waals surface area contributed by atoms with Gasteiger partial charge < -0.3 is 24.1 Å². The minimum Gasteiger partial charge on any atom is -0.480 e. The molecule has 2 atom stereocenters. The zero-order chi connectivity index (χ0) is 32.8. The molecule has 3 aliphatic heterocycles. The summed E-state index contributed by atoms with van der Waals surface area (Å²) in [5.41, 5.74) is -0.231. The largest absolute Gasteiger partial charge is 0.480 e. The van der Waals surface area contributed by atoms with Gasteiger partial charge in [-0.25, -0.2) is 19.2 Å². The number of carboxylic acid groups (broad SMARTS) is 1. The molecular formula is C33H52N2O9. The third kappa shape index (κ3) is 14.0. The van der Waals surface area contributed by atoms with Gasteiger partial charge in [0.25, 0.3) is 0 Å². The van der Waals surface area contributed by atoms with Crippen molar-refractivity contribution in [3.8, 4) is 0 Å². The molecule has 0 radical (unpaired) electrons. The molecule has 3 saturated heterocycles. The van der Waals surface area contributed by atoms with E-state index in [4.69, 9.17) is 24.1 Å². The molecule has 3 fully saturated rings. The summed E-state index contributed by atoms with van der Waals surface area (Å²) < 4.78 is 20.9. The Morgan fingerprint density at radius 1 is 0.750 bits per heavy atom. The second kappa shape index (κ2) is 17.8. The standard InChI is InChI=1S/C18H25NO4.C11H19NO4.C4H8O/c1-18(2,3)23-17(21)19-12-8-7-11-15(19)16(20)22-13-14-9-5-4-6-10-14;1-11(2,3)16-10(15)12-7-5-4-6-8(12)9(13)14;1-2-4-5-3-1/h4-6,9-10,15H,7-8,11-13H2,1-3H3;8H,4-7H2,1-3H3,(H,13,14);1-4H2/t15-;8-;/m11./s1. The second-order valence-corrected chi connectivity index (χ2v) is 13.1. The molecule has 2 amide bonds. The van der Waals surface area contributed by atoms with Crippen LogP contribution in [0.4, 0.5) is 9.59 Å². The van der Waals surface area contributed by atoms with Crippen molar-refractivity contribution in [2.45, 2.75) is 123 Å². The van der Waals surface area contributed by atoms with E-state index in [0.29, 0.717) is 25.9 Å². The molecule has 0 spiro atoms. The Bertz CT molecular complexity index is 1040. The highest BCUT2D eigenvalue weighted by Crippen LogP contribution is 2.22. The molecule has 11 heteroatoms. The first-order chi connectivity index (χ1) is 20.7. The Balaban J connectivity index is 0.000000276. The van der Waals surface area contributed by atoms with Crippen molar-refractivity contribution in [3.05, 3.63) is 35.9 Å². The third-order valence-corrected chi connectivity index (χ3v) is 6.87. The lowest BCUT2D eigenvalue weighted by molar-refractivity contribution is -0.152. The molecule has 0 aliphatic carbocycles. The maximum atomic E-state index is 12.4. The van der Waals surface area contributed by atoms with Crippen molar-refractivity contribution in [1.82, 2.24) is 9.80 Å². The van der Waals surface area contributed by atoms with Crippen LogP contribution in [0.2, 0.25) is 0 Å². The Morgan fingerprint density at radius 3 is 1.66 bits per heavy atom. The van der Waals surface area contributed by atoms with E-state index in [2.05, 4.69) is 0 Å². The van der Waals surface area contributed by atoms with Crippen LogP contribution in [0.25, 0.3) is 0 Å². The quantitative estimate of drug-likeness (QED) is 0.310. The minimum absolute atomic E-state index is 0.221. The maximum absolute atomic E-state index is 12.4. The number of carbonyl (C=O) groups is 4. The van der Waals surface area contributed by atoms with Crippen molar-refractivity contribution in [2.75, 3.05) is 26.3 Å². The Kier molecular flexibility index (Phi) is 14.9. The van der Waals surface area contributed by atoms with Gasteiger partial charge >= 0.3 is 24.1 Å². The van der Waals surface area contributed by atoms with E-state index < -0.39 is 41.4 Å². The van der Waals surface area contributed by atoms with Crippen LogP contribution in [0.5, 0.6) is 0 Å². The summed E-state index contributed by atoms with van der Waals surface area (Å²) in [6, 6.07) is 8.23. The van der Waals surface area contributed by atoms with Crippen molar-refractivity contribution in [3.63, 3.8) is 0 Å². The van der Waals surface area contributed by atoms with Crippen LogP contribution in [-0.4, -0.2) is 88.6 Å². The third-order valence-electron chi connectivity index (χ3n) is 6.87. The number of esters is 1. The van der Waals surface area contributed by atoms with Gasteiger partial charge in [0.1, 0.15) is 29.9 Å². The van der Waals surface area contributed by atoms with Crippen LogP contribution in [0.15, 0.2) is 30.3 Å². The van der Waals surface area contributed by atoms with Gasteiger partial charge in [0.05, 0.1) is 0 Å². The maximum Gasteiger partial charge on any atom is 0.411 e. The van der Waals surface area contributed by atoms with Gasteiger partial charge in [-0.2, -0.15) is 0 Å². The molecular weight excluding hydrogens is 568 g/mol. The molecule has 0 saturated carbocycles. The summed E-state index contributed by atoms with van der Waals surface area (Å²) in [6.45, 7) is 14.0. The number of likely N-dealkylation sites (tertiary alicyclic amines) is 2. The van der Waals surface area contributed by atoms with Crippen molar-refractivity contribution >= 4 is 24.1 Å². The summed E-state index contributed by atoms with van der Waals surface area (Å²) in [4.78, 5) is 50.3. The average Bonchev–Trinajstić information content (AvgIpc) is 3.56. The fraction of sp³-hybridized carbons (Fsp3) is 0.697. The van der Waals surface area contributed by atoms with Gasteiger partial charge in [-0.15, -0.1) is 0 Å². The predicted molar refractivity (Wildman–Crippen MR) is 165 cm³/mol. The first-order valence-electron chi connectivity index (χ1n) is 15.7. The summed E-state index contributed by atoms with van der Waals surface area (Å²) in [7, 11) is 0. The van der Waals surface area contributed by atoms with E-state index >= 15 is 0 Å². The van der Waals surface area contributed by atoms with Crippen molar-refractivity contribution in [2.24, 2.45) is 0 Å². The fourth-order valence-corrected chi connectivity index (χ4v) is 4.78. The number of aliphatic carboxylic acids is 1. The Morgan fingerprint density at radius 2 is 1.23 bits per heavy atom. The summed E-state index contributed by atoms with van der Waals surface area (Å²) >= 11 is 0. The SMILES string of the molecule is C1CCOC1.CC(C)(C)OC(=O)N1CCCC[C@@H]1C(=O)O.CC(C)(C)OC(=O)N1CCCC[C@@H]1C(=O)OCc1ccccc1. The normalized spacial score (nSPS) is 20.2. The highest BCUT2D eigenvalue weighted by atomic mass is 16.6. The lowest BCUT2D eigenvalue weighted by atomic mass is 10.0. The average molecular weight is 621 g/mol. The number of hydrogen-bond donors (Lipinski definition) is 1. The van der Waals surface area contributed by atoms with Crippen molar-refractivity contribution < 1.29 is 43.2 Å². The molecule has 1 N–H and O–H groups in total. The van der Waals surface area contributed by atoms with E-state index in [0.717, 1.165) is 44.5 Å². The number of carbonyl (C=O) groups excluding carboxylic acids is 3. The Labute approximate surface area is 262 Å². The van der Waals surface area contributed by atoms with Gasteiger partial charge in [0, 0.05) is 26.3 Å². The smallest absolute Gasteiger partial charge is 0.411 e. The number of hydrogen-bond acceptors (Lipinski definition) is 8. The molecule has 248 valence electrons. The van der Waals surface area contributed by atoms with Gasteiger partial charge in [-0.1, -0.05) is 30.3 Å². The van der Waals surface area contributed by atoms with Gasteiger partial charge in [0.2, 0.25) is 0 Å². The first-order valence-corrected chi connectivity index (χ1v) is 15.7. The molecule has 0 aromatic heterocycles. The van der Waals surface area contributed by atoms with Crippen LogP contribution >= 0.6 is 0 Å². The number of amides is 2. The molecule has 44 heavy (non-hydrogen) atoms. The van der Waals surface area contributed by atoms with E-state index in [1.807, 2.05) is 51.1 Å². The minimum atomic E-state index is -0.953. The highest BCUT2D eigenvalue weighted by Gasteiger charge is 2.36. The van der Waals surface area contributed by atoms with Crippen LogP contribution in [0.1, 0.15) is 98.5 Å². The zero-order valence-corrected chi connectivity index (χ0v) is 27.3. The van der Waals surface area contributed by atoms with Crippen LogP contribution < -0.4 is 0 Å². The molecule has 3 aliphatic rings. The number of benzene rings is 1. The molecule has 11 nitrogen and oxygen atoms in total. The predicted octanol–water partition coefficient (Wildman–Crippen LogP) is 6.18. The number of nitrogens with zero attached hydrogens (tertiary/aromatic N) is 2. The van der Waals surface area contributed by atoms with E-state index in [1.54, 1.807) is 20.8 Å². The van der Waals surface area contributed by atoms with Gasteiger partial charge in [-0.05, 0) is 98.5 Å². The van der Waals surface area contributed by atoms with Crippen molar-refractivity contribution in [1.29, 1.82) is 0 Å². The first kappa shape index (κ1) is 36.8. The topological polar surface area (TPSA) is 132 Å². The number of ether oxygens (including phenoxy) is 4. The molecule has 4 rings (SSSR count). The molecule has 0 unspecified atom stereocenters. The summed E-state index contributed by atoms with van der Waals surface area (Å²) in [5.74, 6) is -1.31. The van der Waals surface area contributed by atoms with E-state index in [9.17, 15) is 19.2 Å². The lowest BCUT2D eigenvalue weighted by Crippen LogP contribution is -2.50. The van der Waals surface area contributed by atoms with Gasteiger partial charge in [0.15, 0.2) is 0 Å². The molecule has 3 heterocycles. The molecule has 1 aromatic rings. The van der Waals surface area contributed by atoms with E-state index in [1.165, 1.54) is 22.6 Å². The second-order valence-electron chi connectivity index (χ2n) is 13.1. The van der Waals surface area contributed by atoms with E-state index in [-0.39, 0.29) is 12.6 Å².